The van der Waals surface area contributed by atoms with E-state index in [2.05, 4.69) is 15.3 Å². The highest BCUT2D eigenvalue weighted by Gasteiger charge is 2.32. The van der Waals surface area contributed by atoms with Crippen LogP contribution in [0, 0.1) is 0 Å². The number of nitrogens with zero attached hydrogens (tertiary/aromatic N) is 2. The van der Waals surface area contributed by atoms with Crippen molar-refractivity contribution in [2.45, 2.75) is 42.8 Å². The van der Waals surface area contributed by atoms with E-state index < -0.39 is 40.1 Å². The molecule has 1 amide bonds. The molecule has 2 aromatic heterocycles. The van der Waals surface area contributed by atoms with Crippen LogP contribution in [0.1, 0.15) is 58.1 Å². The molecule has 5 rings (SSSR count). The Balaban J connectivity index is 1.30. The second kappa shape index (κ2) is 11.8. The summed E-state index contributed by atoms with van der Waals surface area (Å²) in [4.78, 5) is 23.0. The van der Waals surface area contributed by atoms with E-state index in [1.54, 1.807) is 31.2 Å². The van der Waals surface area contributed by atoms with Crippen molar-refractivity contribution in [3.63, 3.8) is 0 Å². The maximum Gasteiger partial charge on any atom is 0.416 e. The Hall–Kier alpha value is -3.81. The predicted molar refractivity (Wildman–Crippen MR) is 150 cm³/mol. The van der Waals surface area contributed by atoms with Crippen molar-refractivity contribution in [3.05, 3.63) is 88.4 Å². The molecule has 0 bridgehead atoms. The third kappa shape index (κ3) is 6.63. The van der Waals surface area contributed by atoms with Gasteiger partial charge in [0.05, 0.1) is 40.1 Å². The van der Waals surface area contributed by atoms with Crippen LogP contribution in [-0.2, 0) is 16.0 Å². The number of hydrogen-bond donors (Lipinski definition) is 2. The fourth-order valence-electron chi connectivity index (χ4n) is 4.19. The number of amides is 1. The van der Waals surface area contributed by atoms with E-state index in [-0.39, 0.29) is 33.1 Å². The van der Waals surface area contributed by atoms with E-state index >= 15 is 0 Å². The molecule has 2 aromatic carbocycles. The number of aromatic nitrogens is 2. The van der Waals surface area contributed by atoms with Crippen LogP contribution in [0.2, 0.25) is 0 Å². The lowest BCUT2D eigenvalue weighted by Gasteiger charge is -2.17. The van der Waals surface area contributed by atoms with Gasteiger partial charge >= 0.3 is 6.18 Å². The molecular weight excluding hydrogens is 591 g/mol. The number of aliphatic hydroxyl groups excluding tert-OH is 1. The van der Waals surface area contributed by atoms with E-state index in [0.717, 1.165) is 29.9 Å². The van der Waals surface area contributed by atoms with Gasteiger partial charge in [-0.2, -0.15) is 13.2 Å². The molecule has 0 spiro atoms. The number of hydrogen-bond acceptors (Lipinski definition) is 8. The second-order valence-corrected chi connectivity index (χ2v) is 13.0. The number of halogens is 3. The largest absolute Gasteiger partial charge is 0.431 e. The van der Waals surface area contributed by atoms with Crippen molar-refractivity contribution in [2.75, 3.05) is 12.4 Å². The third-order valence-electron chi connectivity index (χ3n) is 6.75. The number of rotatable bonds is 10. The molecular formula is C29H26F3N3O5S2. The van der Waals surface area contributed by atoms with Crippen molar-refractivity contribution in [3.8, 4) is 22.3 Å². The number of nitrogens with one attached hydrogen (secondary N) is 1. The number of sulfone groups is 1. The molecule has 0 radical (unpaired) electrons. The van der Waals surface area contributed by atoms with E-state index in [1.165, 1.54) is 41.8 Å². The van der Waals surface area contributed by atoms with E-state index in [9.17, 15) is 31.5 Å². The summed E-state index contributed by atoms with van der Waals surface area (Å²) in [5, 5.41) is 12.9. The Labute approximate surface area is 244 Å². The fraction of sp³-hybridized carbons (Fsp3) is 0.276. The average Bonchev–Trinajstić information content (AvgIpc) is 3.75. The van der Waals surface area contributed by atoms with Gasteiger partial charge in [-0.3, -0.25) is 9.78 Å². The molecule has 2 N–H and O–H groups in total. The summed E-state index contributed by atoms with van der Waals surface area (Å²) in [7, 11) is -3.37. The Kier molecular flexibility index (Phi) is 8.35. The summed E-state index contributed by atoms with van der Waals surface area (Å²) in [5.41, 5.74) is 1.12. The molecule has 220 valence electrons. The van der Waals surface area contributed by atoms with Gasteiger partial charge in [-0.25, -0.2) is 13.4 Å². The smallest absolute Gasteiger partial charge is 0.416 e. The van der Waals surface area contributed by atoms with Gasteiger partial charge in [0.2, 0.25) is 0 Å². The van der Waals surface area contributed by atoms with Crippen LogP contribution >= 0.6 is 11.3 Å². The summed E-state index contributed by atoms with van der Waals surface area (Å²) in [6.07, 6.45) is -1.10. The first-order valence-electron chi connectivity index (χ1n) is 13.0. The zero-order valence-electron chi connectivity index (χ0n) is 22.3. The van der Waals surface area contributed by atoms with Gasteiger partial charge in [-0.15, -0.1) is 0 Å². The van der Waals surface area contributed by atoms with Gasteiger partial charge in [-0.1, -0.05) is 30.4 Å². The predicted octanol–water partition coefficient (Wildman–Crippen LogP) is 6.15. The molecule has 2 heterocycles. The Morgan fingerprint density at radius 2 is 1.79 bits per heavy atom. The maximum absolute atomic E-state index is 12.9. The Morgan fingerprint density at radius 1 is 1.10 bits per heavy atom. The zero-order chi connectivity index (χ0) is 30.1. The van der Waals surface area contributed by atoms with Crippen molar-refractivity contribution in [2.24, 2.45) is 0 Å². The molecule has 1 unspecified atom stereocenters. The summed E-state index contributed by atoms with van der Waals surface area (Å²) in [6.45, 7) is 1.15. The first-order valence-corrected chi connectivity index (χ1v) is 15.5. The molecule has 1 atom stereocenters. The van der Waals surface area contributed by atoms with Crippen LogP contribution in [0.4, 0.5) is 13.2 Å². The van der Waals surface area contributed by atoms with Gasteiger partial charge in [0.1, 0.15) is 11.4 Å². The van der Waals surface area contributed by atoms with Gasteiger partial charge in [0, 0.05) is 11.1 Å². The number of thiazole rings is 1. The second-order valence-electron chi connectivity index (χ2n) is 9.70. The summed E-state index contributed by atoms with van der Waals surface area (Å²) in [6, 6.07) is 12.8. The van der Waals surface area contributed by atoms with Crippen molar-refractivity contribution in [1.82, 2.24) is 15.3 Å². The lowest BCUT2D eigenvalue weighted by atomic mass is 10.1. The van der Waals surface area contributed by atoms with Crippen LogP contribution < -0.4 is 10.1 Å². The normalized spacial score (nSPS) is 14.4. The minimum Gasteiger partial charge on any atom is -0.431 e. The number of benzene rings is 2. The van der Waals surface area contributed by atoms with Crippen molar-refractivity contribution in [1.29, 1.82) is 0 Å². The first-order chi connectivity index (χ1) is 20.0. The summed E-state index contributed by atoms with van der Waals surface area (Å²) >= 11 is 1.31. The molecule has 0 aliphatic heterocycles. The molecule has 1 aliphatic carbocycles. The number of aliphatic hydroxyl groups is 1. The lowest BCUT2D eigenvalue weighted by Crippen LogP contribution is -2.30. The molecule has 1 aliphatic rings. The van der Waals surface area contributed by atoms with Crippen LogP contribution in [0.3, 0.4) is 0 Å². The number of carbonyl (C=O) groups excluding carboxylic acids is 1. The molecule has 8 nitrogen and oxygen atoms in total. The lowest BCUT2D eigenvalue weighted by molar-refractivity contribution is -0.137. The standard InChI is InChI=1S/C29H26F3N3O5S2/c1-2-42(38,39)22-12-5-17(6-13-22)24(16-36)34-27(37)19-7-14-23(33-15-19)25-26(18-3-4-18)41-28(35-25)40-21-10-8-20(9-11-21)29(30,31)32/h5-15,18,24,36H,2-4,16H2,1H3,(H,34,37). The minimum atomic E-state index is -4.44. The SMILES string of the molecule is CCS(=O)(=O)c1ccc(C(CO)NC(=O)c2ccc(-c3nc(Oc4ccc(C(F)(F)F)cc4)sc3C3CC3)nc2)cc1. The Bertz CT molecular complexity index is 1670. The zero-order valence-corrected chi connectivity index (χ0v) is 23.9. The van der Waals surface area contributed by atoms with Gasteiger partial charge in [-0.05, 0) is 72.9 Å². The quantitative estimate of drug-likeness (QED) is 0.219. The van der Waals surface area contributed by atoms with Gasteiger partial charge in [0.15, 0.2) is 9.84 Å². The fourth-order valence-corrected chi connectivity index (χ4v) is 6.19. The minimum absolute atomic E-state index is 0.0357. The van der Waals surface area contributed by atoms with Crippen LogP contribution in [0.5, 0.6) is 10.9 Å². The van der Waals surface area contributed by atoms with E-state index in [4.69, 9.17) is 4.74 Å². The van der Waals surface area contributed by atoms with Crippen LogP contribution in [0.15, 0.2) is 71.8 Å². The third-order valence-corrected chi connectivity index (χ3v) is 9.59. The average molecular weight is 618 g/mol. The highest BCUT2D eigenvalue weighted by Crippen LogP contribution is 2.49. The van der Waals surface area contributed by atoms with Crippen molar-refractivity contribution < 1.29 is 36.2 Å². The summed E-state index contributed by atoms with van der Waals surface area (Å²) in [5.74, 6) is -0.00112. The van der Waals surface area contributed by atoms with Crippen molar-refractivity contribution >= 4 is 27.1 Å². The van der Waals surface area contributed by atoms with Gasteiger partial charge < -0.3 is 15.2 Å². The van der Waals surface area contributed by atoms with E-state index in [0.29, 0.717) is 17.0 Å². The van der Waals surface area contributed by atoms with E-state index in [1.807, 2.05) is 0 Å². The first kappa shape index (κ1) is 29.7. The maximum atomic E-state index is 12.9. The number of ether oxygens (including phenoxy) is 1. The summed E-state index contributed by atoms with van der Waals surface area (Å²) < 4.78 is 68.5. The highest BCUT2D eigenvalue weighted by atomic mass is 32.2. The molecule has 4 aromatic rings. The molecule has 13 heteroatoms. The number of carbonyl (C=O) groups is 1. The molecule has 0 saturated heterocycles. The number of alkyl halides is 3. The topological polar surface area (TPSA) is 118 Å². The highest BCUT2D eigenvalue weighted by molar-refractivity contribution is 7.91. The Morgan fingerprint density at radius 3 is 2.33 bits per heavy atom. The molecule has 1 fully saturated rings. The van der Waals surface area contributed by atoms with Crippen LogP contribution in [0.25, 0.3) is 11.4 Å². The molecule has 1 saturated carbocycles. The van der Waals surface area contributed by atoms with Crippen LogP contribution in [-0.4, -0.2) is 41.8 Å². The van der Waals surface area contributed by atoms with Gasteiger partial charge in [0.25, 0.3) is 11.1 Å². The number of pyridine rings is 1. The monoisotopic (exact) mass is 617 g/mol. The molecule has 42 heavy (non-hydrogen) atoms.